The van der Waals surface area contributed by atoms with E-state index in [0.717, 1.165) is 5.76 Å². The van der Waals surface area contributed by atoms with E-state index in [-0.39, 0.29) is 17.3 Å². The first-order valence-corrected chi connectivity index (χ1v) is 5.94. The molecule has 0 unspecified atom stereocenters. The van der Waals surface area contributed by atoms with Crippen LogP contribution < -0.4 is 16.6 Å². The van der Waals surface area contributed by atoms with Gasteiger partial charge in [-0.3, -0.25) is 4.79 Å². The Morgan fingerprint density at radius 3 is 2.84 bits per heavy atom. The molecule has 19 heavy (non-hydrogen) atoms. The molecule has 2 aromatic rings. The van der Waals surface area contributed by atoms with Gasteiger partial charge in [0.25, 0.3) is 5.91 Å². The molecule has 2 aromatic heterocycles. The topological polar surface area (TPSA) is 93.2 Å². The van der Waals surface area contributed by atoms with Gasteiger partial charge >= 0.3 is 0 Å². The maximum absolute atomic E-state index is 11.9. The van der Waals surface area contributed by atoms with Crippen LogP contribution >= 0.6 is 11.6 Å². The minimum atomic E-state index is -0.392. The van der Waals surface area contributed by atoms with Gasteiger partial charge in [-0.05, 0) is 31.2 Å². The highest BCUT2D eigenvalue weighted by Gasteiger charge is 2.13. The minimum Gasteiger partial charge on any atom is -0.465 e. The number of halogens is 1. The van der Waals surface area contributed by atoms with Crippen molar-refractivity contribution in [3.05, 3.63) is 46.5 Å². The second-order valence-electron chi connectivity index (χ2n) is 3.87. The van der Waals surface area contributed by atoms with Crippen LogP contribution in [0.5, 0.6) is 0 Å². The first-order valence-electron chi connectivity index (χ1n) is 5.57. The van der Waals surface area contributed by atoms with Crippen LogP contribution in [0.25, 0.3) is 0 Å². The summed E-state index contributed by atoms with van der Waals surface area (Å²) in [5, 5.41) is 2.93. The lowest BCUT2D eigenvalue weighted by atomic mass is 10.3. The molecule has 0 bridgehead atoms. The number of carbonyl (C=O) groups excluding carboxylic acids is 1. The molecule has 2 rings (SSSR count). The number of nitrogens with two attached hydrogens (primary N) is 1. The van der Waals surface area contributed by atoms with E-state index in [1.165, 1.54) is 0 Å². The predicted molar refractivity (Wildman–Crippen MR) is 71.7 cm³/mol. The van der Waals surface area contributed by atoms with Crippen LogP contribution in [0.3, 0.4) is 0 Å². The third-order valence-corrected chi connectivity index (χ3v) is 2.73. The Hall–Kier alpha value is -2.05. The number of rotatable bonds is 4. The fourth-order valence-corrected chi connectivity index (χ4v) is 1.70. The number of pyridine rings is 1. The zero-order chi connectivity index (χ0) is 13.8. The largest absolute Gasteiger partial charge is 0.465 e. The summed E-state index contributed by atoms with van der Waals surface area (Å²) < 4.78 is 5.34. The van der Waals surface area contributed by atoms with Gasteiger partial charge in [0.15, 0.2) is 0 Å². The number of furan rings is 1. The highest BCUT2D eigenvalue weighted by molar-refractivity contribution is 6.33. The molecule has 0 saturated heterocycles. The van der Waals surface area contributed by atoms with Crippen LogP contribution in [0.15, 0.2) is 28.7 Å². The Labute approximate surface area is 114 Å². The summed E-state index contributed by atoms with van der Waals surface area (Å²) in [5.41, 5.74) is 2.47. The summed E-state index contributed by atoms with van der Waals surface area (Å²) >= 11 is 5.92. The van der Waals surface area contributed by atoms with Gasteiger partial charge in [0, 0.05) is 0 Å². The van der Waals surface area contributed by atoms with E-state index in [4.69, 9.17) is 21.9 Å². The van der Waals surface area contributed by atoms with E-state index >= 15 is 0 Å². The van der Waals surface area contributed by atoms with Crippen molar-refractivity contribution in [2.24, 2.45) is 5.84 Å². The maximum Gasteiger partial charge on any atom is 0.271 e. The van der Waals surface area contributed by atoms with Gasteiger partial charge in [-0.1, -0.05) is 11.6 Å². The molecule has 0 aliphatic carbocycles. The number of amides is 1. The van der Waals surface area contributed by atoms with Crippen molar-refractivity contribution in [1.82, 2.24) is 10.3 Å². The number of hydrogen-bond donors (Lipinski definition) is 3. The first kappa shape index (κ1) is 13.4. The number of anilines is 1. The van der Waals surface area contributed by atoms with Crippen molar-refractivity contribution in [1.29, 1.82) is 0 Å². The van der Waals surface area contributed by atoms with E-state index in [9.17, 15) is 4.79 Å². The Bertz CT molecular complexity index is 597. The van der Waals surface area contributed by atoms with Crippen molar-refractivity contribution in [2.75, 3.05) is 5.43 Å². The standard InChI is InChI=1S/C12H13ClN4O2/c1-7-2-3-8(19-7)6-15-12(18)11-9(13)4-5-10(16-11)17-14/h2-5H,6,14H2,1H3,(H,15,18)(H,16,17). The summed E-state index contributed by atoms with van der Waals surface area (Å²) in [4.78, 5) is 15.9. The van der Waals surface area contributed by atoms with Crippen LogP contribution in [0.4, 0.5) is 5.82 Å². The van der Waals surface area contributed by atoms with Crippen LogP contribution in [-0.4, -0.2) is 10.9 Å². The van der Waals surface area contributed by atoms with Crippen LogP contribution in [0, 0.1) is 6.92 Å². The molecule has 0 saturated carbocycles. The molecule has 0 fully saturated rings. The van der Waals surface area contributed by atoms with Gasteiger partial charge < -0.3 is 15.2 Å². The van der Waals surface area contributed by atoms with E-state index in [1.807, 2.05) is 13.0 Å². The monoisotopic (exact) mass is 280 g/mol. The van der Waals surface area contributed by atoms with Gasteiger partial charge in [0.2, 0.25) is 0 Å². The smallest absolute Gasteiger partial charge is 0.271 e. The number of nitrogens with zero attached hydrogens (tertiary/aromatic N) is 1. The lowest BCUT2D eigenvalue weighted by Crippen LogP contribution is -2.24. The lowest BCUT2D eigenvalue weighted by molar-refractivity contribution is 0.0943. The van der Waals surface area contributed by atoms with Gasteiger partial charge in [-0.15, -0.1) is 0 Å². The van der Waals surface area contributed by atoms with E-state index in [2.05, 4.69) is 15.7 Å². The quantitative estimate of drug-likeness (QED) is 0.587. The number of aromatic nitrogens is 1. The van der Waals surface area contributed by atoms with E-state index in [0.29, 0.717) is 11.6 Å². The van der Waals surface area contributed by atoms with Gasteiger partial charge in [0.1, 0.15) is 23.0 Å². The average molecular weight is 281 g/mol. The Balaban J connectivity index is 2.07. The van der Waals surface area contributed by atoms with E-state index in [1.54, 1.807) is 18.2 Å². The maximum atomic E-state index is 11.9. The molecule has 4 N–H and O–H groups in total. The SMILES string of the molecule is Cc1ccc(CNC(=O)c2nc(NN)ccc2Cl)o1. The molecule has 6 nitrogen and oxygen atoms in total. The number of nitrogens with one attached hydrogen (secondary N) is 2. The Morgan fingerprint density at radius 1 is 1.42 bits per heavy atom. The Kier molecular flexibility index (Phi) is 4.03. The summed E-state index contributed by atoms with van der Waals surface area (Å²) in [6.45, 7) is 2.10. The number of nitrogen functional groups attached to an aromatic ring is 1. The molecule has 2 heterocycles. The zero-order valence-corrected chi connectivity index (χ0v) is 11.0. The summed E-state index contributed by atoms with van der Waals surface area (Å²) in [5.74, 6) is 6.66. The van der Waals surface area contributed by atoms with Crippen molar-refractivity contribution in [3.63, 3.8) is 0 Å². The molecule has 100 valence electrons. The minimum absolute atomic E-state index is 0.111. The third-order valence-electron chi connectivity index (χ3n) is 2.43. The second-order valence-corrected chi connectivity index (χ2v) is 4.27. The zero-order valence-electron chi connectivity index (χ0n) is 10.2. The molecular weight excluding hydrogens is 268 g/mol. The summed E-state index contributed by atoms with van der Waals surface area (Å²) in [7, 11) is 0. The molecular formula is C12H13ClN4O2. The fraction of sp³-hybridized carbons (Fsp3) is 0.167. The van der Waals surface area contributed by atoms with Gasteiger partial charge in [0.05, 0.1) is 11.6 Å². The van der Waals surface area contributed by atoms with Crippen molar-refractivity contribution >= 4 is 23.3 Å². The van der Waals surface area contributed by atoms with Crippen LogP contribution in [0.1, 0.15) is 22.0 Å². The molecule has 0 aliphatic heterocycles. The van der Waals surface area contributed by atoms with Crippen molar-refractivity contribution in [2.45, 2.75) is 13.5 Å². The molecule has 0 spiro atoms. The Morgan fingerprint density at radius 2 is 2.21 bits per heavy atom. The molecule has 0 aliphatic rings. The lowest BCUT2D eigenvalue weighted by Gasteiger charge is -2.06. The number of hydrogen-bond acceptors (Lipinski definition) is 5. The second kappa shape index (κ2) is 5.73. The van der Waals surface area contributed by atoms with Crippen LogP contribution in [0.2, 0.25) is 5.02 Å². The van der Waals surface area contributed by atoms with Gasteiger partial charge in [-0.2, -0.15) is 0 Å². The van der Waals surface area contributed by atoms with Crippen molar-refractivity contribution < 1.29 is 9.21 Å². The molecule has 1 amide bonds. The predicted octanol–water partition coefficient (Wildman–Crippen LogP) is 1.85. The first-order chi connectivity index (χ1) is 9.10. The molecule has 7 heteroatoms. The number of aryl methyl sites for hydroxylation is 1. The summed E-state index contributed by atoms with van der Waals surface area (Å²) in [6, 6.07) is 6.75. The highest BCUT2D eigenvalue weighted by Crippen LogP contribution is 2.16. The van der Waals surface area contributed by atoms with Crippen LogP contribution in [-0.2, 0) is 6.54 Å². The highest BCUT2D eigenvalue weighted by atomic mass is 35.5. The molecule has 0 atom stereocenters. The summed E-state index contributed by atoms with van der Waals surface area (Å²) in [6.07, 6.45) is 0. The van der Waals surface area contributed by atoms with Gasteiger partial charge in [-0.25, -0.2) is 10.8 Å². The molecule has 0 radical (unpaired) electrons. The fourth-order valence-electron chi connectivity index (χ4n) is 1.51. The number of hydrazine groups is 1. The average Bonchev–Trinajstić information content (AvgIpc) is 2.82. The third kappa shape index (κ3) is 3.24. The van der Waals surface area contributed by atoms with Crippen molar-refractivity contribution in [3.8, 4) is 0 Å². The number of carbonyl (C=O) groups is 1. The molecule has 0 aromatic carbocycles. The van der Waals surface area contributed by atoms with E-state index < -0.39 is 5.91 Å². The normalized spacial score (nSPS) is 10.3.